The van der Waals surface area contributed by atoms with Crippen LogP contribution in [0.3, 0.4) is 0 Å². The predicted octanol–water partition coefficient (Wildman–Crippen LogP) is 3.01. The Labute approximate surface area is 179 Å². The predicted molar refractivity (Wildman–Crippen MR) is 115 cm³/mol. The molecule has 0 saturated carbocycles. The molecular weight excluding hydrogens is 408 g/mol. The zero-order chi connectivity index (χ0) is 21.0. The molecule has 0 bridgehead atoms. The van der Waals surface area contributed by atoms with Gasteiger partial charge in [0, 0.05) is 30.9 Å². The molecule has 1 fully saturated rings. The van der Waals surface area contributed by atoms with E-state index in [1.807, 2.05) is 23.8 Å². The van der Waals surface area contributed by atoms with Gasteiger partial charge in [0.1, 0.15) is 5.82 Å². The minimum atomic E-state index is -0.206. The molecule has 3 heterocycles. The highest BCUT2D eigenvalue weighted by Gasteiger charge is 2.29. The number of amides is 2. The number of nitrogens with one attached hydrogen (secondary N) is 2. The molecule has 1 aliphatic rings. The van der Waals surface area contributed by atoms with Crippen LogP contribution in [0.4, 0.5) is 5.13 Å². The van der Waals surface area contributed by atoms with Crippen LogP contribution in [0.5, 0.6) is 0 Å². The number of likely N-dealkylation sites (tertiary alicyclic amines) is 1. The monoisotopic (exact) mass is 434 g/mol. The lowest BCUT2D eigenvalue weighted by molar-refractivity contribution is -0.137. The summed E-state index contributed by atoms with van der Waals surface area (Å²) in [7, 11) is 0. The fraction of sp³-hybridized carbons (Fsp3) is 0.526. The van der Waals surface area contributed by atoms with Gasteiger partial charge < -0.3 is 10.2 Å². The Morgan fingerprint density at radius 2 is 2.31 bits per heavy atom. The number of aromatic nitrogens is 4. The number of hydrogen-bond acceptors (Lipinski definition) is 6. The Bertz CT molecular complexity index is 945. The van der Waals surface area contributed by atoms with E-state index in [-0.39, 0.29) is 23.7 Å². The van der Waals surface area contributed by atoms with Gasteiger partial charge in [0.15, 0.2) is 9.90 Å². The number of thiazole rings is 1. The summed E-state index contributed by atoms with van der Waals surface area (Å²) in [6, 6.07) is 0. The Morgan fingerprint density at radius 3 is 3.03 bits per heavy atom. The molecule has 156 valence electrons. The molecule has 0 radical (unpaired) electrons. The molecule has 1 saturated heterocycles. The Balaban J connectivity index is 1.61. The van der Waals surface area contributed by atoms with Crippen LogP contribution in [0.15, 0.2) is 18.0 Å². The summed E-state index contributed by atoms with van der Waals surface area (Å²) < 4.78 is 2.41. The fourth-order valence-corrected chi connectivity index (χ4v) is 4.31. The maximum Gasteiger partial charge on any atom is 0.231 e. The van der Waals surface area contributed by atoms with Gasteiger partial charge in [0.05, 0.1) is 18.0 Å². The molecule has 8 nitrogen and oxygen atoms in total. The van der Waals surface area contributed by atoms with Crippen molar-refractivity contribution < 1.29 is 9.59 Å². The van der Waals surface area contributed by atoms with Crippen molar-refractivity contribution in [1.82, 2.24) is 24.6 Å². The standard InChI is InChI=1S/C19H26N6O2S2/c1-4-7-25-15(22-23-19(25)28)9-14-11-29-18(20-14)21-16(26)13-6-5-8-24(10-13)17(27)12(2)3/h4,11-13H,1,5-10H2,2-3H3,(H,23,28)(H,20,21,26). The maximum absolute atomic E-state index is 12.7. The largest absolute Gasteiger partial charge is 0.342 e. The molecule has 1 unspecified atom stereocenters. The summed E-state index contributed by atoms with van der Waals surface area (Å²) in [6.07, 6.45) is 3.89. The van der Waals surface area contributed by atoms with E-state index in [9.17, 15) is 9.59 Å². The number of H-pyrrole nitrogens is 1. The highest BCUT2D eigenvalue weighted by molar-refractivity contribution is 7.71. The maximum atomic E-state index is 12.7. The first kappa shape index (κ1) is 21.4. The van der Waals surface area contributed by atoms with Crippen LogP contribution >= 0.6 is 23.6 Å². The number of aromatic amines is 1. The molecule has 3 rings (SSSR count). The number of carbonyl (C=O) groups is 2. The topological polar surface area (TPSA) is 95.9 Å². The highest BCUT2D eigenvalue weighted by atomic mass is 32.1. The Kier molecular flexibility index (Phi) is 6.96. The van der Waals surface area contributed by atoms with Crippen molar-refractivity contribution in [3.63, 3.8) is 0 Å². The van der Waals surface area contributed by atoms with Crippen molar-refractivity contribution in [2.24, 2.45) is 11.8 Å². The van der Waals surface area contributed by atoms with Crippen molar-refractivity contribution in [3.8, 4) is 0 Å². The average molecular weight is 435 g/mol. The van der Waals surface area contributed by atoms with Crippen molar-refractivity contribution in [2.75, 3.05) is 18.4 Å². The first-order valence-corrected chi connectivity index (χ1v) is 11.0. The van der Waals surface area contributed by atoms with E-state index in [0.717, 1.165) is 30.9 Å². The molecule has 2 amide bonds. The van der Waals surface area contributed by atoms with E-state index < -0.39 is 0 Å². The normalized spacial score (nSPS) is 16.8. The Hall–Kier alpha value is -2.33. The highest BCUT2D eigenvalue weighted by Crippen LogP contribution is 2.22. The van der Waals surface area contributed by atoms with Crippen LogP contribution in [0.25, 0.3) is 0 Å². The van der Waals surface area contributed by atoms with E-state index in [0.29, 0.717) is 29.4 Å². The van der Waals surface area contributed by atoms with Crippen LogP contribution < -0.4 is 5.32 Å². The summed E-state index contributed by atoms with van der Waals surface area (Å²) >= 11 is 6.61. The number of carbonyl (C=O) groups excluding carboxylic acids is 2. The zero-order valence-corrected chi connectivity index (χ0v) is 18.3. The number of allylic oxidation sites excluding steroid dienone is 1. The number of piperidine rings is 1. The summed E-state index contributed by atoms with van der Waals surface area (Å²) in [5, 5.41) is 12.4. The van der Waals surface area contributed by atoms with E-state index in [2.05, 4.69) is 27.1 Å². The lowest BCUT2D eigenvalue weighted by atomic mass is 9.96. The molecule has 0 aliphatic carbocycles. The van der Waals surface area contributed by atoms with Gasteiger partial charge in [-0.1, -0.05) is 19.9 Å². The molecule has 2 N–H and O–H groups in total. The lowest BCUT2D eigenvalue weighted by Crippen LogP contribution is -2.45. The molecule has 1 atom stereocenters. The number of nitrogens with zero attached hydrogens (tertiary/aromatic N) is 4. The molecule has 2 aromatic heterocycles. The third kappa shape index (κ3) is 5.18. The van der Waals surface area contributed by atoms with Gasteiger partial charge in [-0.15, -0.1) is 17.9 Å². The smallest absolute Gasteiger partial charge is 0.231 e. The second kappa shape index (κ2) is 9.45. The van der Waals surface area contributed by atoms with Gasteiger partial charge >= 0.3 is 0 Å². The second-order valence-corrected chi connectivity index (χ2v) is 8.68. The van der Waals surface area contributed by atoms with Gasteiger partial charge in [0.25, 0.3) is 0 Å². The van der Waals surface area contributed by atoms with Crippen LogP contribution in [-0.4, -0.2) is 49.6 Å². The summed E-state index contributed by atoms with van der Waals surface area (Å²) in [5.41, 5.74) is 0.810. The van der Waals surface area contributed by atoms with Gasteiger partial charge in [-0.2, -0.15) is 5.10 Å². The Morgan fingerprint density at radius 1 is 1.52 bits per heavy atom. The van der Waals surface area contributed by atoms with Crippen molar-refractivity contribution in [1.29, 1.82) is 0 Å². The van der Waals surface area contributed by atoms with E-state index in [1.54, 1.807) is 11.0 Å². The minimum Gasteiger partial charge on any atom is -0.342 e. The molecule has 0 aromatic carbocycles. The lowest BCUT2D eigenvalue weighted by Gasteiger charge is -2.33. The molecule has 29 heavy (non-hydrogen) atoms. The fourth-order valence-electron chi connectivity index (χ4n) is 3.37. The summed E-state index contributed by atoms with van der Waals surface area (Å²) in [5.74, 6) is 0.532. The van der Waals surface area contributed by atoms with Crippen molar-refractivity contribution >= 4 is 40.5 Å². The van der Waals surface area contributed by atoms with Crippen molar-refractivity contribution in [2.45, 2.75) is 39.7 Å². The van der Waals surface area contributed by atoms with Crippen LogP contribution in [0.2, 0.25) is 0 Å². The van der Waals surface area contributed by atoms with Gasteiger partial charge in [-0.3, -0.25) is 19.3 Å². The third-order valence-corrected chi connectivity index (χ3v) is 5.99. The second-order valence-electron chi connectivity index (χ2n) is 7.43. The van der Waals surface area contributed by atoms with Crippen LogP contribution in [0.1, 0.15) is 38.2 Å². The van der Waals surface area contributed by atoms with Gasteiger partial charge in [-0.05, 0) is 25.1 Å². The van der Waals surface area contributed by atoms with Crippen LogP contribution in [-0.2, 0) is 22.6 Å². The molecule has 1 aliphatic heterocycles. The van der Waals surface area contributed by atoms with E-state index in [4.69, 9.17) is 12.2 Å². The van der Waals surface area contributed by atoms with Gasteiger partial charge in [0.2, 0.25) is 11.8 Å². The van der Waals surface area contributed by atoms with Crippen molar-refractivity contribution in [3.05, 3.63) is 34.3 Å². The third-order valence-electron chi connectivity index (χ3n) is 4.87. The van der Waals surface area contributed by atoms with E-state index >= 15 is 0 Å². The SMILES string of the molecule is C=CCn1c(Cc2csc(NC(=O)C3CCCN(C(=O)C(C)C)C3)n2)n[nH]c1=S. The number of hydrogen-bond donors (Lipinski definition) is 2. The minimum absolute atomic E-state index is 0.0557. The molecule has 2 aromatic rings. The summed E-state index contributed by atoms with van der Waals surface area (Å²) in [6.45, 7) is 9.28. The quantitative estimate of drug-likeness (QED) is 0.516. The number of rotatable bonds is 7. The summed E-state index contributed by atoms with van der Waals surface area (Å²) in [4.78, 5) is 31.2. The molecule has 10 heteroatoms. The van der Waals surface area contributed by atoms with Crippen LogP contribution in [0, 0.1) is 16.6 Å². The van der Waals surface area contributed by atoms with Gasteiger partial charge in [-0.25, -0.2) is 4.98 Å². The number of anilines is 1. The molecule has 0 spiro atoms. The first-order valence-electron chi connectivity index (χ1n) is 9.68. The average Bonchev–Trinajstić information content (AvgIpc) is 3.29. The zero-order valence-electron chi connectivity index (χ0n) is 16.7. The molecular formula is C19H26N6O2S2. The first-order chi connectivity index (χ1) is 13.9. The van der Waals surface area contributed by atoms with E-state index in [1.165, 1.54) is 11.3 Å².